The highest BCUT2D eigenvalue weighted by atomic mass is 19.2. The summed E-state index contributed by atoms with van der Waals surface area (Å²) in [6.45, 7) is 0.283. The summed E-state index contributed by atoms with van der Waals surface area (Å²) < 4.78 is 35.2. The summed E-state index contributed by atoms with van der Waals surface area (Å²) >= 11 is 0. The molecule has 0 saturated heterocycles. The van der Waals surface area contributed by atoms with Gasteiger partial charge in [0.1, 0.15) is 5.69 Å². The first-order valence-electron chi connectivity index (χ1n) is 9.40. The van der Waals surface area contributed by atoms with Crippen molar-refractivity contribution in [1.29, 1.82) is 0 Å². The van der Waals surface area contributed by atoms with Gasteiger partial charge in [-0.15, -0.1) is 0 Å². The second-order valence-corrected chi connectivity index (χ2v) is 7.32. The summed E-state index contributed by atoms with van der Waals surface area (Å²) in [5.41, 5.74) is 1.83. The number of benzene rings is 1. The Bertz CT molecular complexity index is 1380. The lowest BCUT2D eigenvalue weighted by molar-refractivity contribution is 0.0332. The monoisotopic (exact) mass is 409 g/mol. The van der Waals surface area contributed by atoms with Gasteiger partial charge in [-0.25, -0.2) is 8.78 Å². The van der Waals surface area contributed by atoms with Gasteiger partial charge in [0, 0.05) is 30.0 Å². The second kappa shape index (κ2) is 6.77. The van der Waals surface area contributed by atoms with Crippen molar-refractivity contribution in [3.05, 3.63) is 87.6 Å². The number of carbonyl (C=O) groups excluding carboxylic acids is 1. The number of aromatic nitrogens is 2. The van der Waals surface area contributed by atoms with E-state index in [0.717, 1.165) is 17.6 Å². The lowest BCUT2D eigenvalue weighted by Crippen LogP contribution is -2.38. The second-order valence-electron chi connectivity index (χ2n) is 7.32. The topological polar surface area (TPSA) is 66.8 Å². The molecular formula is C22H17F2N3O3. The maximum absolute atomic E-state index is 14.0. The molecule has 30 heavy (non-hydrogen) atoms. The minimum atomic E-state index is -1.10. The number of nitrogens with one attached hydrogen (secondary N) is 1. The number of fused-ring (bicyclic) bond motifs is 4. The van der Waals surface area contributed by atoms with Gasteiger partial charge in [0.05, 0.1) is 24.6 Å². The summed E-state index contributed by atoms with van der Waals surface area (Å²) in [4.78, 5) is 29.9. The van der Waals surface area contributed by atoms with Crippen LogP contribution in [0.4, 0.5) is 8.78 Å². The van der Waals surface area contributed by atoms with Crippen molar-refractivity contribution in [2.75, 3.05) is 13.7 Å². The lowest BCUT2D eigenvalue weighted by atomic mass is 9.95. The Morgan fingerprint density at radius 3 is 2.73 bits per heavy atom. The largest absolute Gasteiger partial charge is 0.373 e. The fraction of sp³-hybridized carbons (Fsp3) is 0.182. The molecule has 152 valence electrons. The number of hydrogen-bond donors (Lipinski definition) is 1. The molecule has 1 aromatic carbocycles. The molecule has 8 heteroatoms. The van der Waals surface area contributed by atoms with Gasteiger partial charge >= 0.3 is 0 Å². The van der Waals surface area contributed by atoms with E-state index in [1.165, 1.54) is 4.90 Å². The molecular weight excluding hydrogens is 392 g/mol. The van der Waals surface area contributed by atoms with Crippen molar-refractivity contribution >= 4 is 22.2 Å². The third-order valence-electron chi connectivity index (χ3n) is 5.61. The predicted octanol–water partition coefficient (Wildman–Crippen LogP) is 3.40. The molecule has 0 fully saturated rings. The number of halogens is 2. The minimum absolute atomic E-state index is 0.0357. The molecule has 0 unspecified atom stereocenters. The zero-order chi connectivity index (χ0) is 21.0. The van der Waals surface area contributed by atoms with Gasteiger partial charge in [-0.2, -0.15) is 0 Å². The van der Waals surface area contributed by atoms with E-state index in [0.29, 0.717) is 17.0 Å². The van der Waals surface area contributed by atoms with Crippen molar-refractivity contribution in [3.63, 3.8) is 0 Å². The molecule has 1 N–H and O–H groups in total. The van der Waals surface area contributed by atoms with Gasteiger partial charge < -0.3 is 19.0 Å². The van der Waals surface area contributed by atoms with Gasteiger partial charge in [-0.1, -0.05) is 6.07 Å². The molecule has 4 heterocycles. The normalized spacial score (nSPS) is 16.0. The average molecular weight is 409 g/mol. The number of hydrogen-bond acceptors (Lipinski definition) is 3. The van der Waals surface area contributed by atoms with Gasteiger partial charge in [0.25, 0.3) is 11.5 Å². The molecule has 1 atom stereocenters. The van der Waals surface area contributed by atoms with Crippen LogP contribution in [0.15, 0.2) is 53.5 Å². The molecule has 5 rings (SSSR count). The van der Waals surface area contributed by atoms with Crippen LogP contribution in [0.1, 0.15) is 27.8 Å². The zero-order valence-electron chi connectivity index (χ0n) is 16.0. The van der Waals surface area contributed by atoms with Gasteiger partial charge in [0.15, 0.2) is 11.6 Å². The Morgan fingerprint density at radius 1 is 1.17 bits per heavy atom. The van der Waals surface area contributed by atoms with E-state index < -0.39 is 23.2 Å². The summed E-state index contributed by atoms with van der Waals surface area (Å²) in [7, 11) is 1.63. The van der Waals surface area contributed by atoms with Crippen LogP contribution in [0.3, 0.4) is 0 Å². The number of H-pyrrole nitrogens is 1. The first-order valence-corrected chi connectivity index (χ1v) is 9.40. The van der Waals surface area contributed by atoms with Crippen LogP contribution in [0, 0.1) is 11.6 Å². The maximum Gasteiger partial charge on any atom is 0.271 e. The van der Waals surface area contributed by atoms with Crippen LogP contribution in [0.5, 0.6) is 0 Å². The minimum Gasteiger partial charge on any atom is -0.373 e. The molecule has 1 amide bonds. The van der Waals surface area contributed by atoms with E-state index in [1.54, 1.807) is 23.7 Å². The van der Waals surface area contributed by atoms with Gasteiger partial charge in [-0.05, 0) is 41.8 Å². The van der Waals surface area contributed by atoms with E-state index in [-0.39, 0.29) is 29.9 Å². The standard InChI is InChI=1S/C22H17F2N3O3/c1-26(22(29)18-6-5-12-4-2-3-7-27(12)18)19-11-30-10-17-20(19)13-8-15(23)16(24)9-14(13)21(28)25-17/h2-9,19H,10-11H2,1H3,(H,25,28)/t19-/m0/s1. The maximum atomic E-state index is 14.0. The summed E-state index contributed by atoms with van der Waals surface area (Å²) in [5, 5.41) is 0.314. The number of likely N-dealkylation sites (N-methyl/N-ethyl adjacent to an activating group) is 1. The van der Waals surface area contributed by atoms with E-state index in [2.05, 4.69) is 4.98 Å². The van der Waals surface area contributed by atoms with E-state index in [4.69, 9.17) is 4.74 Å². The van der Waals surface area contributed by atoms with Crippen LogP contribution in [-0.4, -0.2) is 33.8 Å². The molecule has 0 bridgehead atoms. The van der Waals surface area contributed by atoms with Crippen molar-refractivity contribution in [1.82, 2.24) is 14.3 Å². The highest BCUT2D eigenvalue weighted by Gasteiger charge is 2.32. The highest BCUT2D eigenvalue weighted by Crippen LogP contribution is 2.34. The molecule has 1 aliphatic heterocycles. The number of ether oxygens (including phenoxy) is 1. The SMILES string of the molecule is CN(C(=O)c1ccc2ccccn12)[C@H]1COCc2[nH]c(=O)c3cc(F)c(F)cc3c21. The van der Waals surface area contributed by atoms with Crippen molar-refractivity contribution in [2.24, 2.45) is 0 Å². The molecule has 0 aliphatic carbocycles. The number of carbonyl (C=O) groups is 1. The van der Waals surface area contributed by atoms with E-state index >= 15 is 0 Å². The van der Waals surface area contributed by atoms with Gasteiger partial charge in [-0.3, -0.25) is 9.59 Å². The molecule has 0 spiro atoms. The fourth-order valence-corrected chi connectivity index (χ4v) is 4.10. The molecule has 0 radical (unpaired) electrons. The number of nitrogens with zero attached hydrogens (tertiary/aromatic N) is 2. The van der Waals surface area contributed by atoms with Crippen LogP contribution in [0.2, 0.25) is 0 Å². The Balaban J connectivity index is 1.65. The highest BCUT2D eigenvalue weighted by molar-refractivity contribution is 5.95. The van der Waals surface area contributed by atoms with Crippen LogP contribution >= 0.6 is 0 Å². The van der Waals surface area contributed by atoms with Crippen LogP contribution < -0.4 is 5.56 Å². The number of aromatic amines is 1. The summed E-state index contributed by atoms with van der Waals surface area (Å²) in [6.07, 6.45) is 1.80. The van der Waals surface area contributed by atoms with Gasteiger partial charge in [0.2, 0.25) is 0 Å². The smallest absolute Gasteiger partial charge is 0.271 e. The Kier molecular flexibility index (Phi) is 4.18. The Labute approximate surface area is 169 Å². The molecule has 6 nitrogen and oxygen atoms in total. The fourth-order valence-electron chi connectivity index (χ4n) is 4.10. The summed E-state index contributed by atoms with van der Waals surface area (Å²) in [5.74, 6) is -2.41. The number of pyridine rings is 2. The quantitative estimate of drug-likeness (QED) is 0.552. The first-order chi connectivity index (χ1) is 14.5. The third-order valence-corrected chi connectivity index (χ3v) is 5.61. The van der Waals surface area contributed by atoms with Crippen molar-refractivity contribution in [3.8, 4) is 0 Å². The third kappa shape index (κ3) is 2.72. The first kappa shape index (κ1) is 18.5. The zero-order valence-corrected chi connectivity index (χ0v) is 16.0. The summed E-state index contributed by atoms with van der Waals surface area (Å²) in [6, 6.07) is 10.5. The lowest BCUT2D eigenvalue weighted by Gasteiger charge is -2.33. The van der Waals surface area contributed by atoms with Crippen molar-refractivity contribution in [2.45, 2.75) is 12.6 Å². The van der Waals surface area contributed by atoms with E-state index in [9.17, 15) is 18.4 Å². The molecule has 4 aromatic rings. The number of rotatable bonds is 2. The predicted molar refractivity (Wildman–Crippen MR) is 106 cm³/mol. The molecule has 3 aromatic heterocycles. The van der Waals surface area contributed by atoms with Crippen molar-refractivity contribution < 1.29 is 18.3 Å². The average Bonchev–Trinajstić information content (AvgIpc) is 3.18. The Hall–Kier alpha value is -3.52. The Morgan fingerprint density at radius 2 is 1.93 bits per heavy atom. The van der Waals surface area contributed by atoms with E-state index in [1.807, 2.05) is 24.3 Å². The number of amides is 1. The molecule has 0 saturated carbocycles. The molecule has 1 aliphatic rings. The van der Waals surface area contributed by atoms with Crippen LogP contribution in [-0.2, 0) is 11.3 Å². The van der Waals surface area contributed by atoms with Crippen LogP contribution in [0.25, 0.3) is 16.3 Å².